The van der Waals surface area contributed by atoms with Crippen LogP contribution in [0.3, 0.4) is 0 Å². The fraction of sp³-hybridized carbons (Fsp3) is 0.500. The van der Waals surface area contributed by atoms with Crippen molar-refractivity contribution in [3.05, 3.63) is 21.7 Å². The van der Waals surface area contributed by atoms with Crippen molar-refractivity contribution in [2.45, 2.75) is 45.1 Å². The predicted octanol–water partition coefficient (Wildman–Crippen LogP) is 1.30. The molecule has 0 bridgehead atoms. The van der Waals surface area contributed by atoms with Gasteiger partial charge in [-0.3, -0.25) is 24.5 Å². The van der Waals surface area contributed by atoms with Gasteiger partial charge in [-0.2, -0.15) is 0 Å². The summed E-state index contributed by atoms with van der Waals surface area (Å²) in [5, 5.41) is 7.55. The first kappa shape index (κ1) is 19.5. The molecule has 0 spiro atoms. The molecule has 0 aromatic carbocycles. The Morgan fingerprint density at radius 1 is 1.40 bits per heavy atom. The number of hydrogen-bond acceptors (Lipinski definition) is 5. The van der Waals surface area contributed by atoms with Crippen molar-refractivity contribution >= 4 is 47.0 Å². The summed E-state index contributed by atoms with van der Waals surface area (Å²) in [5.41, 5.74) is 0.707. The quantitative estimate of drug-likeness (QED) is 0.598. The Kier molecular flexibility index (Phi) is 7.07. The van der Waals surface area contributed by atoms with E-state index in [1.54, 1.807) is 0 Å². The van der Waals surface area contributed by atoms with Crippen molar-refractivity contribution in [3.8, 4) is 0 Å². The first-order valence-electron chi connectivity index (χ1n) is 8.08. The molecular formula is C16H20ClN3O4S. The van der Waals surface area contributed by atoms with Crippen LogP contribution in [0.2, 0.25) is 0 Å². The molecule has 4 amide bonds. The van der Waals surface area contributed by atoms with Gasteiger partial charge in [0.05, 0.1) is 9.94 Å². The Hall–Kier alpha value is -1.80. The second-order valence-corrected chi connectivity index (χ2v) is 7.41. The molecule has 1 atom stereocenters. The van der Waals surface area contributed by atoms with E-state index >= 15 is 0 Å². The van der Waals surface area contributed by atoms with Gasteiger partial charge in [0.1, 0.15) is 6.04 Å². The largest absolute Gasteiger partial charge is 0.340 e. The Morgan fingerprint density at radius 3 is 2.84 bits per heavy atom. The van der Waals surface area contributed by atoms with Gasteiger partial charge in [-0.1, -0.05) is 24.9 Å². The van der Waals surface area contributed by atoms with Crippen LogP contribution in [0.5, 0.6) is 0 Å². The zero-order valence-corrected chi connectivity index (χ0v) is 15.4. The molecule has 9 heteroatoms. The summed E-state index contributed by atoms with van der Waals surface area (Å²) in [6.45, 7) is 1.99. The Balaban J connectivity index is 2.10. The number of piperidine rings is 1. The van der Waals surface area contributed by atoms with Crippen molar-refractivity contribution in [1.29, 1.82) is 0 Å². The average molecular weight is 386 g/mol. The maximum absolute atomic E-state index is 12.5. The van der Waals surface area contributed by atoms with Crippen molar-refractivity contribution in [3.63, 3.8) is 0 Å². The van der Waals surface area contributed by atoms with Crippen LogP contribution in [0.15, 0.2) is 21.7 Å². The predicted molar refractivity (Wildman–Crippen MR) is 95.4 cm³/mol. The van der Waals surface area contributed by atoms with Crippen molar-refractivity contribution in [2.75, 3.05) is 5.75 Å². The molecule has 0 saturated carbocycles. The van der Waals surface area contributed by atoms with Gasteiger partial charge in [0.2, 0.25) is 17.7 Å². The monoisotopic (exact) mass is 385 g/mol. The molecule has 1 fully saturated rings. The third-order valence-electron chi connectivity index (χ3n) is 3.77. The Morgan fingerprint density at radius 2 is 2.16 bits per heavy atom. The van der Waals surface area contributed by atoms with Crippen LogP contribution in [-0.4, -0.2) is 35.4 Å². The summed E-state index contributed by atoms with van der Waals surface area (Å²) < 4.78 is 0.431. The highest BCUT2D eigenvalue weighted by Crippen LogP contribution is 2.30. The fourth-order valence-corrected chi connectivity index (χ4v) is 3.39. The van der Waals surface area contributed by atoms with Gasteiger partial charge in [0.25, 0.3) is 5.91 Å². The molecule has 0 aromatic heterocycles. The number of thioether (sulfide) groups is 1. The number of nitrogens with one attached hydrogen (secondary N) is 3. The standard InChI is InChI=1S/C16H20ClN3O4S/c1-2-3-4-13(21)18-11-8-25-12(17)7-9(11)15(23)19-10-5-6-14(22)20-16(10)24/h7,10H,2-6,8H2,1H3,(H,18,21)(H,19,23)(H,20,22,24). The summed E-state index contributed by atoms with van der Waals surface area (Å²) in [6, 6.07) is -0.781. The average Bonchev–Trinajstić information content (AvgIpc) is 2.57. The third-order valence-corrected chi connectivity index (χ3v) is 5.04. The van der Waals surface area contributed by atoms with E-state index in [2.05, 4.69) is 16.0 Å². The molecule has 0 aliphatic carbocycles. The molecule has 1 saturated heterocycles. The summed E-state index contributed by atoms with van der Waals surface area (Å²) in [6.07, 6.45) is 3.93. The van der Waals surface area contributed by atoms with Crippen LogP contribution >= 0.6 is 23.4 Å². The Labute approximate surface area is 155 Å². The topological polar surface area (TPSA) is 104 Å². The molecule has 2 heterocycles. The lowest BCUT2D eigenvalue weighted by molar-refractivity contribution is -0.136. The van der Waals surface area contributed by atoms with E-state index in [4.69, 9.17) is 11.6 Å². The van der Waals surface area contributed by atoms with Crippen LogP contribution in [0, 0.1) is 0 Å². The van der Waals surface area contributed by atoms with Gasteiger partial charge < -0.3 is 10.6 Å². The number of amides is 4. The number of halogens is 1. The molecule has 136 valence electrons. The number of imide groups is 1. The zero-order chi connectivity index (χ0) is 18.4. The zero-order valence-electron chi connectivity index (χ0n) is 13.8. The van der Waals surface area contributed by atoms with Gasteiger partial charge in [-0.05, 0) is 18.9 Å². The van der Waals surface area contributed by atoms with Crippen molar-refractivity contribution < 1.29 is 19.2 Å². The lowest BCUT2D eigenvalue weighted by Gasteiger charge is -2.24. The number of hydrogen-bond donors (Lipinski definition) is 3. The van der Waals surface area contributed by atoms with Crippen LogP contribution in [0.1, 0.15) is 39.0 Å². The highest BCUT2D eigenvalue weighted by atomic mass is 35.5. The highest BCUT2D eigenvalue weighted by Gasteiger charge is 2.30. The lowest BCUT2D eigenvalue weighted by Crippen LogP contribution is -2.52. The van der Waals surface area contributed by atoms with Gasteiger partial charge in [-0.25, -0.2) is 0 Å². The minimum absolute atomic E-state index is 0.157. The molecular weight excluding hydrogens is 366 g/mol. The first-order chi connectivity index (χ1) is 11.9. The van der Waals surface area contributed by atoms with E-state index in [9.17, 15) is 19.2 Å². The maximum Gasteiger partial charge on any atom is 0.253 e. The number of carbonyl (C=O) groups excluding carboxylic acids is 4. The van der Waals surface area contributed by atoms with E-state index in [1.807, 2.05) is 6.92 Å². The molecule has 2 rings (SSSR count). The summed E-state index contributed by atoms with van der Waals surface area (Å²) in [7, 11) is 0. The molecule has 2 aliphatic heterocycles. The molecule has 3 N–H and O–H groups in total. The summed E-state index contributed by atoms with van der Waals surface area (Å²) >= 11 is 7.31. The van der Waals surface area contributed by atoms with Gasteiger partial charge in [0, 0.05) is 24.3 Å². The van der Waals surface area contributed by atoms with Crippen molar-refractivity contribution in [2.24, 2.45) is 0 Å². The van der Waals surface area contributed by atoms with Gasteiger partial charge in [0.15, 0.2) is 0 Å². The minimum Gasteiger partial charge on any atom is -0.340 e. The highest BCUT2D eigenvalue weighted by molar-refractivity contribution is 8.04. The molecule has 7 nitrogen and oxygen atoms in total. The lowest BCUT2D eigenvalue weighted by atomic mass is 10.0. The molecule has 1 unspecified atom stereocenters. The fourth-order valence-electron chi connectivity index (χ4n) is 2.40. The van der Waals surface area contributed by atoms with E-state index in [0.717, 1.165) is 12.8 Å². The maximum atomic E-state index is 12.5. The summed E-state index contributed by atoms with van der Waals surface area (Å²) in [5.74, 6) is -1.17. The SMILES string of the molecule is CCCCC(=O)NC1=C(C(=O)NC2CCC(=O)NC2=O)C=C(Cl)SC1. The normalized spacial score (nSPS) is 20.7. The van der Waals surface area contributed by atoms with Crippen LogP contribution in [0.4, 0.5) is 0 Å². The van der Waals surface area contributed by atoms with E-state index < -0.39 is 17.9 Å². The second kappa shape index (κ2) is 9.05. The molecule has 2 aliphatic rings. The Bertz CT molecular complexity index is 660. The smallest absolute Gasteiger partial charge is 0.253 e. The number of rotatable bonds is 6. The summed E-state index contributed by atoms with van der Waals surface area (Å²) in [4.78, 5) is 47.5. The first-order valence-corrected chi connectivity index (χ1v) is 9.44. The molecule has 0 radical (unpaired) electrons. The van der Waals surface area contributed by atoms with E-state index in [0.29, 0.717) is 22.2 Å². The van der Waals surface area contributed by atoms with E-state index in [1.165, 1.54) is 17.8 Å². The van der Waals surface area contributed by atoms with E-state index in [-0.39, 0.29) is 30.2 Å². The third kappa shape index (κ3) is 5.61. The van der Waals surface area contributed by atoms with Gasteiger partial charge in [-0.15, -0.1) is 11.8 Å². The van der Waals surface area contributed by atoms with Crippen LogP contribution < -0.4 is 16.0 Å². The van der Waals surface area contributed by atoms with Crippen molar-refractivity contribution in [1.82, 2.24) is 16.0 Å². The van der Waals surface area contributed by atoms with Gasteiger partial charge >= 0.3 is 0 Å². The molecule has 25 heavy (non-hydrogen) atoms. The number of unbranched alkanes of at least 4 members (excludes halogenated alkanes) is 1. The van der Waals surface area contributed by atoms with Crippen LogP contribution in [-0.2, 0) is 19.2 Å². The number of carbonyl (C=O) groups is 4. The minimum atomic E-state index is -0.781. The second-order valence-electron chi connectivity index (χ2n) is 5.76. The molecule has 0 aromatic rings. The van der Waals surface area contributed by atoms with Crippen LogP contribution in [0.25, 0.3) is 0 Å².